The summed E-state index contributed by atoms with van der Waals surface area (Å²) in [5, 5.41) is 2.99. The molecule has 0 aromatic heterocycles. The Bertz CT molecular complexity index is 522. The number of fused-ring (bicyclic) bond motifs is 1. The maximum Gasteiger partial charge on any atom is 0.261 e. The minimum Gasteiger partial charge on any atom is -0.480 e. The van der Waals surface area contributed by atoms with Crippen LogP contribution in [0.5, 0.6) is 5.75 Å². The molecule has 2 aliphatic rings. The monoisotopic (exact) mass is 318 g/mol. The van der Waals surface area contributed by atoms with Crippen molar-refractivity contribution in [1.29, 1.82) is 0 Å². The van der Waals surface area contributed by atoms with E-state index in [-0.39, 0.29) is 12.0 Å². The highest BCUT2D eigenvalue weighted by Gasteiger charge is 2.29. The van der Waals surface area contributed by atoms with Crippen LogP contribution < -0.4 is 10.1 Å². The highest BCUT2D eigenvalue weighted by atomic mass is 16.5. The van der Waals surface area contributed by atoms with Gasteiger partial charge in [-0.05, 0) is 17.5 Å². The van der Waals surface area contributed by atoms with E-state index in [1.807, 2.05) is 24.3 Å². The molecule has 1 aromatic rings. The maximum atomic E-state index is 12.3. The molecule has 0 radical (unpaired) electrons. The minimum atomic E-state index is -0.414. The van der Waals surface area contributed by atoms with E-state index < -0.39 is 6.10 Å². The quantitative estimate of drug-likeness (QED) is 0.893. The number of carbonyl (C=O) groups excluding carboxylic acids is 1. The number of hydrogen-bond donors (Lipinski definition) is 1. The standard InChI is InChI=1S/C18H26N2O3/c1-13(2)11-20-7-8-22-15(12-20)10-19-18(21)17-9-14-5-3-4-6-16(14)23-17/h3-6,13,15,17H,7-12H2,1-2H3,(H,19,21). The Morgan fingerprint density at radius 2 is 2.22 bits per heavy atom. The van der Waals surface area contributed by atoms with Crippen LogP contribution in [-0.2, 0) is 16.0 Å². The number of rotatable bonds is 5. The molecule has 0 aliphatic carbocycles. The van der Waals surface area contributed by atoms with Crippen LogP contribution in [0.2, 0.25) is 0 Å². The lowest BCUT2D eigenvalue weighted by Gasteiger charge is -2.34. The van der Waals surface area contributed by atoms with E-state index in [1.54, 1.807) is 0 Å². The van der Waals surface area contributed by atoms with Crippen molar-refractivity contribution in [1.82, 2.24) is 10.2 Å². The van der Waals surface area contributed by atoms with E-state index in [4.69, 9.17) is 9.47 Å². The van der Waals surface area contributed by atoms with Crippen molar-refractivity contribution >= 4 is 5.91 Å². The van der Waals surface area contributed by atoms with Crippen LogP contribution in [0.1, 0.15) is 19.4 Å². The van der Waals surface area contributed by atoms with Gasteiger partial charge in [0.25, 0.3) is 5.91 Å². The lowest BCUT2D eigenvalue weighted by atomic mass is 10.1. The van der Waals surface area contributed by atoms with Gasteiger partial charge in [0.15, 0.2) is 6.10 Å². The van der Waals surface area contributed by atoms with Crippen LogP contribution in [-0.4, -0.2) is 55.8 Å². The van der Waals surface area contributed by atoms with Gasteiger partial charge in [0.2, 0.25) is 0 Å². The summed E-state index contributed by atoms with van der Waals surface area (Å²) in [6.45, 7) is 8.66. The molecule has 3 rings (SSSR count). The van der Waals surface area contributed by atoms with Gasteiger partial charge in [0, 0.05) is 32.6 Å². The van der Waals surface area contributed by atoms with Gasteiger partial charge in [-0.15, -0.1) is 0 Å². The average molecular weight is 318 g/mol. The molecule has 2 heterocycles. The van der Waals surface area contributed by atoms with Gasteiger partial charge in [-0.3, -0.25) is 9.69 Å². The zero-order chi connectivity index (χ0) is 16.2. The van der Waals surface area contributed by atoms with Gasteiger partial charge in [-0.1, -0.05) is 32.0 Å². The van der Waals surface area contributed by atoms with Crippen LogP contribution in [0.3, 0.4) is 0 Å². The summed E-state index contributed by atoms with van der Waals surface area (Å²) in [4.78, 5) is 14.7. The van der Waals surface area contributed by atoms with E-state index in [2.05, 4.69) is 24.1 Å². The first-order valence-corrected chi connectivity index (χ1v) is 8.48. The molecule has 0 saturated carbocycles. The van der Waals surface area contributed by atoms with Crippen LogP contribution in [0.15, 0.2) is 24.3 Å². The summed E-state index contributed by atoms with van der Waals surface area (Å²) >= 11 is 0. The van der Waals surface area contributed by atoms with Gasteiger partial charge >= 0.3 is 0 Å². The second-order valence-electron chi connectivity index (χ2n) is 6.81. The first-order valence-electron chi connectivity index (χ1n) is 8.48. The SMILES string of the molecule is CC(C)CN1CCOC(CNC(=O)C2Cc3ccccc3O2)C1. The van der Waals surface area contributed by atoms with Crippen LogP contribution in [0.25, 0.3) is 0 Å². The third-order valence-electron chi connectivity index (χ3n) is 4.29. The Morgan fingerprint density at radius 1 is 1.39 bits per heavy atom. The summed E-state index contributed by atoms with van der Waals surface area (Å²) in [5.74, 6) is 1.42. The second kappa shape index (κ2) is 7.32. The molecule has 0 spiro atoms. The van der Waals surface area contributed by atoms with E-state index in [0.717, 1.165) is 37.6 Å². The second-order valence-corrected chi connectivity index (χ2v) is 6.81. The van der Waals surface area contributed by atoms with Crippen molar-refractivity contribution < 1.29 is 14.3 Å². The van der Waals surface area contributed by atoms with E-state index >= 15 is 0 Å². The molecular weight excluding hydrogens is 292 g/mol. The van der Waals surface area contributed by atoms with Crippen LogP contribution >= 0.6 is 0 Å². The zero-order valence-corrected chi connectivity index (χ0v) is 14.0. The first-order chi connectivity index (χ1) is 11.1. The number of ether oxygens (including phenoxy) is 2. The Labute approximate surface area is 137 Å². The predicted octanol–water partition coefficient (Wildman–Crippen LogP) is 1.46. The maximum absolute atomic E-state index is 12.3. The molecule has 0 bridgehead atoms. The van der Waals surface area contributed by atoms with Crippen molar-refractivity contribution in [2.24, 2.45) is 5.92 Å². The van der Waals surface area contributed by atoms with Crippen LogP contribution in [0, 0.1) is 5.92 Å². The number of amides is 1. The summed E-state index contributed by atoms with van der Waals surface area (Å²) in [6, 6.07) is 7.83. The van der Waals surface area contributed by atoms with Crippen molar-refractivity contribution in [3.8, 4) is 5.75 Å². The molecule has 5 heteroatoms. The number of hydrogen-bond acceptors (Lipinski definition) is 4. The Hall–Kier alpha value is -1.59. The molecule has 2 atom stereocenters. The molecule has 1 aromatic carbocycles. The van der Waals surface area contributed by atoms with Crippen molar-refractivity contribution in [2.75, 3.05) is 32.8 Å². The van der Waals surface area contributed by atoms with E-state index in [0.29, 0.717) is 18.9 Å². The molecule has 1 fully saturated rings. The van der Waals surface area contributed by atoms with Gasteiger partial charge in [0.1, 0.15) is 5.75 Å². The van der Waals surface area contributed by atoms with E-state index in [1.165, 1.54) is 0 Å². The van der Waals surface area contributed by atoms with Crippen molar-refractivity contribution in [3.05, 3.63) is 29.8 Å². The third-order valence-corrected chi connectivity index (χ3v) is 4.29. The molecular formula is C18H26N2O3. The third kappa shape index (κ3) is 4.24. The average Bonchev–Trinajstić information content (AvgIpc) is 2.96. The highest BCUT2D eigenvalue weighted by molar-refractivity contribution is 5.82. The smallest absolute Gasteiger partial charge is 0.261 e. The van der Waals surface area contributed by atoms with Crippen molar-refractivity contribution in [3.63, 3.8) is 0 Å². The number of morpholine rings is 1. The first kappa shape index (κ1) is 16.3. The van der Waals surface area contributed by atoms with Gasteiger partial charge in [-0.25, -0.2) is 0 Å². The number of para-hydroxylation sites is 1. The summed E-state index contributed by atoms with van der Waals surface area (Å²) in [7, 11) is 0. The molecule has 1 amide bonds. The zero-order valence-electron chi connectivity index (χ0n) is 14.0. The Balaban J connectivity index is 1.45. The Morgan fingerprint density at radius 3 is 3.00 bits per heavy atom. The van der Waals surface area contributed by atoms with E-state index in [9.17, 15) is 4.79 Å². The number of nitrogens with zero attached hydrogens (tertiary/aromatic N) is 1. The predicted molar refractivity (Wildman–Crippen MR) is 88.6 cm³/mol. The fourth-order valence-electron chi connectivity index (χ4n) is 3.24. The largest absolute Gasteiger partial charge is 0.480 e. The highest BCUT2D eigenvalue weighted by Crippen LogP contribution is 2.28. The van der Waals surface area contributed by atoms with Gasteiger partial charge in [0.05, 0.1) is 12.7 Å². The Kier molecular flexibility index (Phi) is 5.18. The van der Waals surface area contributed by atoms with Gasteiger partial charge in [-0.2, -0.15) is 0 Å². The minimum absolute atomic E-state index is 0.0502. The van der Waals surface area contributed by atoms with Crippen LogP contribution in [0.4, 0.5) is 0 Å². The topological polar surface area (TPSA) is 50.8 Å². The summed E-state index contributed by atoms with van der Waals surface area (Å²) in [5.41, 5.74) is 1.10. The molecule has 5 nitrogen and oxygen atoms in total. The summed E-state index contributed by atoms with van der Waals surface area (Å²) < 4.78 is 11.5. The molecule has 2 unspecified atom stereocenters. The lowest BCUT2D eigenvalue weighted by molar-refractivity contribution is -0.128. The molecule has 126 valence electrons. The molecule has 1 saturated heterocycles. The fourth-order valence-corrected chi connectivity index (χ4v) is 3.24. The molecule has 23 heavy (non-hydrogen) atoms. The fraction of sp³-hybridized carbons (Fsp3) is 0.611. The number of carbonyl (C=O) groups is 1. The lowest BCUT2D eigenvalue weighted by Crippen LogP contribution is -2.50. The number of nitrogens with one attached hydrogen (secondary N) is 1. The normalized spacial score (nSPS) is 24.3. The van der Waals surface area contributed by atoms with Crippen molar-refractivity contribution in [2.45, 2.75) is 32.5 Å². The molecule has 1 N–H and O–H groups in total. The number of benzene rings is 1. The molecule has 2 aliphatic heterocycles. The summed E-state index contributed by atoms with van der Waals surface area (Å²) in [6.07, 6.45) is 0.297. The van der Waals surface area contributed by atoms with Gasteiger partial charge < -0.3 is 14.8 Å².